The Morgan fingerprint density at radius 3 is 2.41 bits per heavy atom. The van der Waals surface area contributed by atoms with Crippen LogP contribution in [-0.4, -0.2) is 30.7 Å². The highest BCUT2D eigenvalue weighted by Crippen LogP contribution is 2.37. The molecule has 0 aliphatic heterocycles. The molecule has 0 aromatic heterocycles. The second-order valence-corrected chi connectivity index (χ2v) is 9.76. The molecule has 0 aliphatic rings. The maximum atomic E-state index is 12.8. The molecule has 0 spiro atoms. The quantitative estimate of drug-likeness (QED) is 0.214. The van der Waals surface area contributed by atoms with E-state index in [0.717, 1.165) is 5.56 Å². The van der Waals surface area contributed by atoms with Gasteiger partial charge in [0.15, 0.2) is 11.5 Å². The van der Waals surface area contributed by atoms with E-state index >= 15 is 0 Å². The van der Waals surface area contributed by atoms with Crippen molar-refractivity contribution in [1.29, 1.82) is 0 Å². The molecule has 3 aromatic rings. The van der Waals surface area contributed by atoms with Crippen LogP contribution in [-0.2, 0) is 11.4 Å². The molecule has 2 amide bonds. The van der Waals surface area contributed by atoms with Crippen LogP contribution in [0, 0.1) is 5.92 Å². The summed E-state index contributed by atoms with van der Waals surface area (Å²) in [5.74, 6) is 0.217. The van der Waals surface area contributed by atoms with Crippen LogP contribution >= 0.6 is 27.5 Å². The first-order chi connectivity index (χ1) is 17.8. The summed E-state index contributed by atoms with van der Waals surface area (Å²) < 4.78 is 12.5. The third-order valence-electron chi connectivity index (χ3n) is 5.29. The topological polar surface area (TPSA) is 89.0 Å². The van der Waals surface area contributed by atoms with Crippen molar-refractivity contribution in [2.45, 2.75) is 33.4 Å². The average molecular weight is 587 g/mol. The van der Waals surface area contributed by atoms with E-state index in [9.17, 15) is 9.59 Å². The summed E-state index contributed by atoms with van der Waals surface area (Å²) in [6.45, 7) is 6.37. The first-order valence-electron chi connectivity index (χ1n) is 11.8. The van der Waals surface area contributed by atoms with Crippen LogP contribution in [0.4, 0.5) is 0 Å². The lowest BCUT2D eigenvalue weighted by molar-refractivity contribution is -0.123. The summed E-state index contributed by atoms with van der Waals surface area (Å²) in [5, 5.41) is 7.53. The summed E-state index contributed by atoms with van der Waals surface area (Å²) >= 11 is 9.50. The molecule has 0 heterocycles. The van der Waals surface area contributed by atoms with Gasteiger partial charge in [-0.2, -0.15) is 5.10 Å². The highest BCUT2D eigenvalue weighted by Gasteiger charge is 2.24. The predicted octanol–water partition coefficient (Wildman–Crippen LogP) is 5.98. The monoisotopic (exact) mass is 585 g/mol. The minimum absolute atomic E-state index is 0.140. The van der Waals surface area contributed by atoms with Gasteiger partial charge in [0, 0.05) is 10.6 Å². The van der Waals surface area contributed by atoms with E-state index in [-0.39, 0.29) is 11.8 Å². The van der Waals surface area contributed by atoms with Gasteiger partial charge in [0.05, 0.1) is 17.3 Å². The van der Waals surface area contributed by atoms with Gasteiger partial charge in [-0.05, 0) is 76.3 Å². The lowest BCUT2D eigenvalue weighted by Crippen LogP contribution is -2.48. The van der Waals surface area contributed by atoms with E-state index < -0.39 is 11.9 Å². The molecular weight excluding hydrogens is 558 g/mol. The number of hydrazone groups is 1. The van der Waals surface area contributed by atoms with E-state index in [1.54, 1.807) is 30.3 Å². The predicted molar refractivity (Wildman–Crippen MR) is 149 cm³/mol. The average Bonchev–Trinajstić information content (AvgIpc) is 2.88. The molecule has 1 unspecified atom stereocenters. The minimum Gasteiger partial charge on any atom is -0.490 e. The van der Waals surface area contributed by atoms with Crippen LogP contribution in [0.1, 0.15) is 42.3 Å². The largest absolute Gasteiger partial charge is 0.490 e. The first-order valence-corrected chi connectivity index (χ1v) is 13.0. The molecule has 0 saturated carbocycles. The van der Waals surface area contributed by atoms with E-state index in [0.29, 0.717) is 45.3 Å². The molecule has 0 bridgehead atoms. The Kier molecular flexibility index (Phi) is 10.5. The Labute approximate surface area is 230 Å². The molecule has 3 rings (SSSR count). The smallest absolute Gasteiger partial charge is 0.262 e. The molecule has 9 heteroatoms. The maximum absolute atomic E-state index is 12.8. The van der Waals surface area contributed by atoms with Gasteiger partial charge in [-0.3, -0.25) is 9.59 Å². The SMILES string of the molecule is CCOc1cc(/C=N/NC(=O)C(NC(=O)c2ccccc2)C(C)C)cc(Br)c1OCc1ccc(Cl)cc1. The third-order valence-corrected chi connectivity index (χ3v) is 6.13. The van der Waals surface area contributed by atoms with Gasteiger partial charge in [0.1, 0.15) is 12.6 Å². The van der Waals surface area contributed by atoms with Gasteiger partial charge in [0.25, 0.3) is 11.8 Å². The molecule has 7 nitrogen and oxygen atoms in total. The van der Waals surface area contributed by atoms with E-state index in [1.807, 2.05) is 57.2 Å². The molecule has 37 heavy (non-hydrogen) atoms. The molecule has 3 aromatic carbocycles. The fourth-order valence-corrected chi connectivity index (χ4v) is 4.09. The number of benzene rings is 3. The van der Waals surface area contributed by atoms with Crippen molar-refractivity contribution in [3.05, 3.63) is 92.9 Å². The van der Waals surface area contributed by atoms with Crippen LogP contribution in [0.15, 0.2) is 76.3 Å². The molecule has 1 atom stereocenters. The Hall–Kier alpha value is -3.36. The number of nitrogens with one attached hydrogen (secondary N) is 2. The van der Waals surface area contributed by atoms with Crippen LogP contribution < -0.4 is 20.2 Å². The van der Waals surface area contributed by atoms with E-state index in [2.05, 4.69) is 31.8 Å². The second-order valence-electron chi connectivity index (χ2n) is 8.47. The summed E-state index contributed by atoms with van der Waals surface area (Å²) in [7, 11) is 0. The number of halogens is 2. The Morgan fingerprint density at radius 2 is 1.76 bits per heavy atom. The van der Waals surface area contributed by atoms with Crippen LogP contribution in [0.5, 0.6) is 11.5 Å². The number of nitrogens with zero attached hydrogens (tertiary/aromatic N) is 1. The molecule has 0 radical (unpaired) electrons. The molecule has 0 saturated heterocycles. The highest BCUT2D eigenvalue weighted by atomic mass is 79.9. The van der Waals surface area contributed by atoms with Crippen molar-refractivity contribution in [3.63, 3.8) is 0 Å². The number of hydrogen-bond acceptors (Lipinski definition) is 5. The summed E-state index contributed by atoms with van der Waals surface area (Å²) in [6, 6.07) is 19.0. The summed E-state index contributed by atoms with van der Waals surface area (Å²) in [6.07, 6.45) is 1.50. The molecule has 194 valence electrons. The fraction of sp³-hybridized carbons (Fsp3) is 0.250. The van der Waals surface area contributed by atoms with E-state index in [4.69, 9.17) is 21.1 Å². The Bertz CT molecular complexity index is 1230. The van der Waals surface area contributed by atoms with Crippen LogP contribution in [0.2, 0.25) is 5.02 Å². The number of carbonyl (C=O) groups excluding carboxylic acids is 2. The van der Waals surface area contributed by atoms with Crippen LogP contribution in [0.25, 0.3) is 0 Å². The lowest BCUT2D eigenvalue weighted by Gasteiger charge is -2.20. The number of rotatable bonds is 11. The zero-order valence-electron chi connectivity index (χ0n) is 20.8. The normalized spacial score (nSPS) is 11.8. The number of carbonyl (C=O) groups is 2. The molecule has 2 N–H and O–H groups in total. The second kappa shape index (κ2) is 13.8. The Balaban J connectivity index is 1.67. The van der Waals surface area contributed by atoms with Crippen molar-refractivity contribution in [2.75, 3.05) is 6.61 Å². The van der Waals surface area contributed by atoms with Gasteiger partial charge in [0.2, 0.25) is 0 Å². The van der Waals surface area contributed by atoms with Gasteiger partial charge in [-0.1, -0.05) is 55.8 Å². The number of amides is 2. The van der Waals surface area contributed by atoms with Gasteiger partial charge < -0.3 is 14.8 Å². The number of ether oxygens (including phenoxy) is 2. The van der Waals surface area contributed by atoms with Crippen molar-refractivity contribution < 1.29 is 19.1 Å². The minimum atomic E-state index is -0.751. The molecule has 0 fully saturated rings. The third kappa shape index (κ3) is 8.33. The van der Waals surface area contributed by atoms with Crippen LogP contribution in [0.3, 0.4) is 0 Å². The van der Waals surface area contributed by atoms with Crippen molar-refractivity contribution in [2.24, 2.45) is 11.0 Å². The Morgan fingerprint density at radius 1 is 1.05 bits per heavy atom. The van der Waals surface area contributed by atoms with Crippen molar-refractivity contribution in [3.8, 4) is 11.5 Å². The summed E-state index contributed by atoms with van der Waals surface area (Å²) in [5.41, 5.74) is 4.65. The van der Waals surface area contributed by atoms with Gasteiger partial charge in [-0.25, -0.2) is 5.43 Å². The fourth-order valence-electron chi connectivity index (χ4n) is 3.39. The van der Waals surface area contributed by atoms with E-state index in [1.165, 1.54) is 6.21 Å². The lowest BCUT2D eigenvalue weighted by atomic mass is 10.0. The summed E-state index contributed by atoms with van der Waals surface area (Å²) in [4.78, 5) is 25.3. The number of hydrogen-bond donors (Lipinski definition) is 2. The zero-order chi connectivity index (χ0) is 26.8. The standard InChI is InChI=1S/C28H29BrClN3O4/c1-4-36-24-15-20(14-23(29)26(24)37-17-19-10-12-22(30)13-11-19)16-31-33-28(35)25(18(2)3)32-27(34)21-8-6-5-7-9-21/h5-16,18,25H,4,17H2,1-3H3,(H,32,34)(H,33,35)/b31-16+. The van der Waals surface area contributed by atoms with Gasteiger partial charge >= 0.3 is 0 Å². The zero-order valence-corrected chi connectivity index (χ0v) is 23.2. The van der Waals surface area contributed by atoms with Crippen molar-refractivity contribution in [1.82, 2.24) is 10.7 Å². The van der Waals surface area contributed by atoms with Crippen molar-refractivity contribution >= 4 is 45.6 Å². The first kappa shape index (κ1) is 28.2. The highest BCUT2D eigenvalue weighted by molar-refractivity contribution is 9.10. The maximum Gasteiger partial charge on any atom is 0.262 e. The molecular formula is C28H29BrClN3O4. The molecule has 0 aliphatic carbocycles. The van der Waals surface area contributed by atoms with Gasteiger partial charge in [-0.15, -0.1) is 0 Å².